The molecule has 7 nitrogen and oxygen atoms in total. The Bertz CT molecular complexity index is 564. The Morgan fingerprint density at radius 3 is 2.82 bits per heavy atom. The summed E-state index contributed by atoms with van der Waals surface area (Å²) in [5, 5.41) is 10.2. The Hall–Kier alpha value is -2.06. The first-order valence-electron chi connectivity index (χ1n) is 7.11. The molecule has 0 fully saturated rings. The number of hydrogen-bond acceptors (Lipinski definition) is 7. The van der Waals surface area contributed by atoms with Crippen molar-refractivity contribution in [1.29, 1.82) is 0 Å². The van der Waals surface area contributed by atoms with E-state index in [0.717, 1.165) is 36.8 Å². The highest BCUT2D eigenvalue weighted by Gasteiger charge is 2.14. The first-order valence-corrected chi connectivity index (χ1v) is 7.88. The molecule has 2 rings (SSSR count). The number of carbonyl (C=O) groups is 1. The summed E-state index contributed by atoms with van der Waals surface area (Å²) in [6, 6.07) is 5.73. The molecule has 0 saturated heterocycles. The normalized spacial score (nSPS) is 12.0. The van der Waals surface area contributed by atoms with Crippen LogP contribution in [-0.4, -0.2) is 38.0 Å². The minimum atomic E-state index is -1.05. The number of carbonyl (C=O) groups excluding carboxylic acids is 1. The lowest BCUT2D eigenvalue weighted by Crippen LogP contribution is -2.28. The zero-order chi connectivity index (χ0) is 15.8. The zero-order valence-electron chi connectivity index (χ0n) is 12.1. The van der Waals surface area contributed by atoms with Crippen molar-refractivity contribution >= 4 is 28.4 Å². The molecule has 0 aromatic carbocycles. The lowest BCUT2D eigenvalue weighted by molar-refractivity contribution is -0.126. The van der Waals surface area contributed by atoms with E-state index < -0.39 is 12.0 Å². The molecule has 0 aliphatic heterocycles. The van der Waals surface area contributed by atoms with Gasteiger partial charge in [0, 0.05) is 24.3 Å². The summed E-state index contributed by atoms with van der Waals surface area (Å²) in [4.78, 5) is 21.4. The van der Waals surface area contributed by atoms with Crippen LogP contribution in [0.25, 0.3) is 0 Å². The molecule has 8 heteroatoms. The van der Waals surface area contributed by atoms with Gasteiger partial charge in [0.2, 0.25) is 11.0 Å². The van der Waals surface area contributed by atoms with Gasteiger partial charge in [-0.1, -0.05) is 18.9 Å². The van der Waals surface area contributed by atoms with E-state index in [4.69, 9.17) is 5.73 Å². The van der Waals surface area contributed by atoms with Crippen LogP contribution in [-0.2, 0) is 4.79 Å². The number of nitrogens with two attached hydrogens (primary N) is 1. The topological polar surface area (TPSA) is 105 Å². The van der Waals surface area contributed by atoms with Crippen LogP contribution >= 0.6 is 11.5 Å². The molecule has 2 heterocycles. The second-order valence-electron chi connectivity index (χ2n) is 4.83. The van der Waals surface area contributed by atoms with Crippen LogP contribution in [0.5, 0.6) is 0 Å². The van der Waals surface area contributed by atoms with Crippen LogP contribution in [0.15, 0.2) is 30.7 Å². The molecule has 1 amide bonds. The van der Waals surface area contributed by atoms with Gasteiger partial charge in [-0.05, 0) is 25.0 Å². The Balaban J connectivity index is 1.85. The average Bonchev–Trinajstić information content (AvgIpc) is 3.05. The maximum atomic E-state index is 10.8. The molecule has 0 radical (unpaired) electrons. The molecule has 118 valence electrons. The van der Waals surface area contributed by atoms with Gasteiger partial charge < -0.3 is 15.7 Å². The summed E-state index contributed by atoms with van der Waals surface area (Å²) in [5.74, 6) is 0.167. The van der Waals surface area contributed by atoms with E-state index in [-0.39, 0.29) is 0 Å². The van der Waals surface area contributed by atoms with Gasteiger partial charge in [0.05, 0.1) is 0 Å². The Morgan fingerprint density at radius 1 is 1.32 bits per heavy atom. The monoisotopic (exact) mass is 321 g/mol. The van der Waals surface area contributed by atoms with E-state index in [2.05, 4.69) is 14.3 Å². The van der Waals surface area contributed by atoms with Crippen molar-refractivity contribution < 1.29 is 9.90 Å². The molecule has 0 bridgehead atoms. The smallest absolute Gasteiger partial charge is 0.246 e. The van der Waals surface area contributed by atoms with Gasteiger partial charge in [-0.15, -0.1) is 0 Å². The molecule has 0 aliphatic rings. The zero-order valence-corrected chi connectivity index (χ0v) is 12.9. The van der Waals surface area contributed by atoms with Gasteiger partial charge in [-0.25, -0.2) is 9.97 Å². The highest BCUT2D eigenvalue weighted by atomic mass is 32.1. The largest absolute Gasteiger partial charge is 0.383 e. The predicted octanol–water partition coefficient (Wildman–Crippen LogP) is 1.48. The highest BCUT2D eigenvalue weighted by molar-refractivity contribution is 7.09. The van der Waals surface area contributed by atoms with Gasteiger partial charge in [-0.3, -0.25) is 4.79 Å². The van der Waals surface area contributed by atoms with Crippen molar-refractivity contribution in [3.05, 3.63) is 30.7 Å². The number of anilines is 2. The van der Waals surface area contributed by atoms with Crippen LogP contribution in [0.1, 0.15) is 25.7 Å². The fourth-order valence-electron chi connectivity index (χ4n) is 2.03. The van der Waals surface area contributed by atoms with Crippen molar-refractivity contribution in [1.82, 2.24) is 14.3 Å². The number of pyridine rings is 1. The first kappa shape index (κ1) is 16.3. The summed E-state index contributed by atoms with van der Waals surface area (Å²) in [6.07, 6.45) is 5.14. The molecule has 0 aliphatic carbocycles. The summed E-state index contributed by atoms with van der Waals surface area (Å²) in [5.41, 5.74) is 5.02. The molecule has 2 aromatic heterocycles. The fourth-order valence-corrected chi connectivity index (χ4v) is 2.60. The minimum absolute atomic E-state index is 0.401. The number of rotatable bonds is 9. The lowest BCUT2D eigenvalue weighted by atomic mass is 10.1. The number of aliphatic hydroxyl groups is 1. The van der Waals surface area contributed by atoms with Gasteiger partial charge in [0.15, 0.2) is 0 Å². The Labute approximate surface area is 133 Å². The third-order valence-corrected chi connectivity index (χ3v) is 3.88. The maximum Gasteiger partial charge on any atom is 0.246 e. The van der Waals surface area contributed by atoms with Crippen molar-refractivity contribution in [3.63, 3.8) is 0 Å². The van der Waals surface area contributed by atoms with Crippen molar-refractivity contribution in [2.24, 2.45) is 5.73 Å². The summed E-state index contributed by atoms with van der Waals surface area (Å²) < 4.78 is 4.03. The molecule has 0 spiro atoms. The quantitative estimate of drug-likeness (QED) is 0.678. The number of amides is 1. The minimum Gasteiger partial charge on any atom is -0.383 e. The van der Waals surface area contributed by atoms with Crippen LogP contribution in [0.3, 0.4) is 0 Å². The second kappa shape index (κ2) is 8.40. The van der Waals surface area contributed by atoms with Crippen molar-refractivity contribution in [3.8, 4) is 0 Å². The summed E-state index contributed by atoms with van der Waals surface area (Å²) in [6.45, 7) is 0.749. The number of unbranched alkanes of at least 4 members (excludes halogenated alkanes) is 2. The van der Waals surface area contributed by atoms with Crippen molar-refractivity contribution in [2.75, 3.05) is 11.4 Å². The average molecular weight is 321 g/mol. The number of aromatic nitrogens is 3. The van der Waals surface area contributed by atoms with Crippen LogP contribution in [0.4, 0.5) is 10.9 Å². The van der Waals surface area contributed by atoms with E-state index in [1.165, 1.54) is 17.9 Å². The molecule has 3 N–H and O–H groups in total. The van der Waals surface area contributed by atoms with Crippen molar-refractivity contribution in [2.45, 2.75) is 31.8 Å². The van der Waals surface area contributed by atoms with E-state index in [1.54, 1.807) is 6.20 Å². The highest BCUT2D eigenvalue weighted by Crippen LogP contribution is 2.24. The standard InChI is InChI=1S/C14H19N5O2S/c15-13(21)11(20)6-2-1-5-9-19(14-17-10-18-22-14)12-7-3-4-8-16-12/h3-4,7-8,10-11,20H,1-2,5-6,9H2,(H2,15,21). The molecular weight excluding hydrogens is 302 g/mol. The van der Waals surface area contributed by atoms with Crippen LogP contribution in [0.2, 0.25) is 0 Å². The lowest BCUT2D eigenvalue weighted by Gasteiger charge is -2.20. The summed E-state index contributed by atoms with van der Waals surface area (Å²) >= 11 is 1.32. The molecule has 0 saturated carbocycles. The van der Waals surface area contributed by atoms with Gasteiger partial charge >= 0.3 is 0 Å². The van der Waals surface area contributed by atoms with E-state index >= 15 is 0 Å². The molecule has 2 aromatic rings. The molecule has 22 heavy (non-hydrogen) atoms. The van der Waals surface area contributed by atoms with Crippen LogP contribution in [0, 0.1) is 0 Å². The van der Waals surface area contributed by atoms with Gasteiger partial charge in [0.25, 0.3) is 0 Å². The van der Waals surface area contributed by atoms with Crippen LogP contribution < -0.4 is 10.6 Å². The Kier molecular flexibility index (Phi) is 6.23. The van der Waals surface area contributed by atoms with Gasteiger partial charge in [0.1, 0.15) is 18.2 Å². The molecular formula is C14H19N5O2S. The third kappa shape index (κ3) is 4.74. The molecule has 1 atom stereocenters. The number of aliphatic hydroxyl groups excluding tert-OH is 1. The van der Waals surface area contributed by atoms with E-state index in [0.29, 0.717) is 6.42 Å². The summed E-state index contributed by atoms with van der Waals surface area (Å²) in [7, 11) is 0. The number of nitrogens with zero attached hydrogens (tertiary/aromatic N) is 4. The maximum absolute atomic E-state index is 10.8. The van der Waals surface area contributed by atoms with E-state index in [1.807, 2.05) is 23.1 Å². The first-order chi connectivity index (χ1) is 10.7. The SMILES string of the molecule is NC(=O)C(O)CCCCCN(c1ccccn1)c1ncns1. The van der Waals surface area contributed by atoms with E-state index in [9.17, 15) is 9.90 Å². The number of hydrogen-bond donors (Lipinski definition) is 2. The van der Waals surface area contributed by atoms with Gasteiger partial charge in [-0.2, -0.15) is 4.37 Å². The predicted molar refractivity (Wildman–Crippen MR) is 84.8 cm³/mol. The number of primary amides is 1. The third-order valence-electron chi connectivity index (χ3n) is 3.19. The molecule has 1 unspecified atom stereocenters. The fraction of sp³-hybridized carbons (Fsp3) is 0.429. The second-order valence-corrected chi connectivity index (χ2v) is 5.59. The Morgan fingerprint density at radius 2 is 2.18 bits per heavy atom.